The van der Waals surface area contributed by atoms with Gasteiger partial charge in [0.25, 0.3) is 0 Å². The first-order chi connectivity index (χ1) is 16.6. The Morgan fingerprint density at radius 1 is 1.06 bits per heavy atom. The van der Waals surface area contributed by atoms with Crippen molar-refractivity contribution in [3.8, 4) is 22.6 Å². The van der Waals surface area contributed by atoms with E-state index >= 15 is 0 Å². The monoisotopic (exact) mass is 455 g/mol. The summed E-state index contributed by atoms with van der Waals surface area (Å²) in [5.41, 5.74) is 6.62. The number of aryl methyl sites for hydroxylation is 1. The van der Waals surface area contributed by atoms with E-state index in [0.717, 1.165) is 52.2 Å². The van der Waals surface area contributed by atoms with Gasteiger partial charge in [0.15, 0.2) is 22.9 Å². The number of ether oxygens (including phenoxy) is 2. The summed E-state index contributed by atoms with van der Waals surface area (Å²) >= 11 is 0. The second kappa shape index (κ2) is 9.67. The number of hydrogen-bond acceptors (Lipinski definition) is 5. The van der Waals surface area contributed by atoms with Crippen LogP contribution in [0.1, 0.15) is 53.2 Å². The molecule has 0 N–H and O–H groups in total. The molecule has 0 atom stereocenters. The summed E-state index contributed by atoms with van der Waals surface area (Å²) in [4.78, 5) is 13.5. The number of fused-ring (bicyclic) bond motifs is 2. The quantitative estimate of drug-likeness (QED) is 0.254. The molecule has 4 aromatic rings. The van der Waals surface area contributed by atoms with E-state index in [-0.39, 0.29) is 5.78 Å². The Morgan fingerprint density at radius 2 is 1.91 bits per heavy atom. The number of carbonyl (C=O) groups is 1. The van der Waals surface area contributed by atoms with Gasteiger partial charge in [0.2, 0.25) is 0 Å². The van der Waals surface area contributed by atoms with Gasteiger partial charge in [-0.1, -0.05) is 44.0 Å². The van der Waals surface area contributed by atoms with E-state index in [0.29, 0.717) is 30.8 Å². The number of rotatable bonds is 8. The van der Waals surface area contributed by atoms with Gasteiger partial charge in [-0.15, -0.1) is 10.2 Å². The molecule has 3 heterocycles. The molecule has 0 saturated carbocycles. The first-order valence-electron chi connectivity index (χ1n) is 12.0. The lowest BCUT2D eigenvalue weighted by molar-refractivity contribution is 0.0993. The van der Waals surface area contributed by atoms with Crippen LogP contribution in [0, 0.1) is 6.92 Å². The Balaban J connectivity index is 1.44. The molecule has 1 aliphatic rings. The third-order valence-electron chi connectivity index (χ3n) is 6.47. The number of nitrogens with zero attached hydrogens (tertiary/aromatic N) is 3. The fraction of sp³-hybridized carbons (Fsp3) is 0.321. The van der Waals surface area contributed by atoms with E-state index in [2.05, 4.69) is 30.1 Å². The molecular formula is C28H29N3O3. The average Bonchev–Trinajstić information content (AvgIpc) is 3.33. The van der Waals surface area contributed by atoms with Crippen molar-refractivity contribution in [2.45, 2.75) is 46.0 Å². The van der Waals surface area contributed by atoms with Gasteiger partial charge < -0.3 is 9.47 Å². The Kier molecular flexibility index (Phi) is 6.30. The van der Waals surface area contributed by atoms with Crippen molar-refractivity contribution in [1.29, 1.82) is 0 Å². The number of pyridine rings is 1. The second-order valence-corrected chi connectivity index (χ2v) is 8.83. The maximum absolute atomic E-state index is 13.5. The van der Waals surface area contributed by atoms with Gasteiger partial charge >= 0.3 is 0 Å². The summed E-state index contributed by atoms with van der Waals surface area (Å²) in [6.45, 7) is 5.39. The maximum atomic E-state index is 13.5. The number of aromatic nitrogens is 3. The Bertz CT molecular complexity index is 1340. The molecule has 0 bridgehead atoms. The maximum Gasteiger partial charge on any atom is 0.171 e. The van der Waals surface area contributed by atoms with Crippen molar-refractivity contribution in [2.75, 3.05) is 13.2 Å². The number of ketones is 1. The van der Waals surface area contributed by atoms with Crippen molar-refractivity contribution >= 4 is 11.4 Å². The molecule has 34 heavy (non-hydrogen) atoms. The highest BCUT2D eigenvalue weighted by molar-refractivity contribution is 6.03. The fourth-order valence-electron chi connectivity index (χ4n) is 4.58. The number of Topliss-reactive ketones (excluding diaryl/α,β-unsaturated/α-hetero) is 1. The number of carbonyl (C=O) groups excluding carboxylic acids is 1. The predicted octanol–water partition coefficient (Wildman–Crippen LogP) is 5.63. The van der Waals surface area contributed by atoms with Crippen molar-refractivity contribution < 1.29 is 14.3 Å². The average molecular weight is 456 g/mol. The Morgan fingerprint density at radius 3 is 2.76 bits per heavy atom. The van der Waals surface area contributed by atoms with E-state index in [4.69, 9.17) is 9.47 Å². The summed E-state index contributed by atoms with van der Waals surface area (Å²) in [5.74, 6) is 1.59. The van der Waals surface area contributed by atoms with Crippen LogP contribution in [0.2, 0.25) is 0 Å². The summed E-state index contributed by atoms with van der Waals surface area (Å²) in [6, 6.07) is 14.1. The largest absolute Gasteiger partial charge is 0.486 e. The highest BCUT2D eigenvalue weighted by Crippen LogP contribution is 2.36. The van der Waals surface area contributed by atoms with Crippen LogP contribution in [0.5, 0.6) is 11.5 Å². The topological polar surface area (TPSA) is 65.7 Å². The molecule has 0 unspecified atom stereocenters. The molecule has 1 aliphatic heterocycles. The molecular weight excluding hydrogens is 426 g/mol. The van der Waals surface area contributed by atoms with Gasteiger partial charge in [-0.25, -0.2) is 0 Å². The van der Waals surface area contributed by atoms with Crippen LogP contribution in [0.3, 0.4) is 0 Å². The van der Waals surface area contributed by atoms with E-state index in [9.17, 15) is 4.79 Å². The van der Waals surface area contributed by atoms with E-state index in [1.165, 1.54) is 12.8 Å². The first kappa shape index (κ1) is 22.1. The minimum Gasteiger partial charge on any atom is -0.486 e. The van der Waals surface area contributed by atoms with Gasteiger partial charge in [-0.2, -0.15) is 0 Å². The van der Waals surface area contributed by atoms with Crippen molar-refractivity contribution in [3.63, 3.8) is 0 Å². The highest BCUT2D eigenvalue weighted by Gasteiger charge is 2.18. The van der Waals surface area contributed by atoms with Crippen molar-refractivity contribution in [3.05, 3.63) is 77.2 Å². The van der Waals surface area contributed by atoms with E-state index in [1.807, 2.05) is 47.0 Å². The smallest absolute Gasteiger partial charge is 0.171 e. The summed E-state index contributed by atoms with van der Waals surface area (Å²) in [5, 5.41) is 8.25. The summed E-state index contributed by atoms with van der Waals surface area (Å²) in [7, 11) is 0. The molecule has 0 spiro atoms. The van der Waals surface area contributed by atoms with E-state index < -0.39 is 0 Å². The molecule has 2 aromatic heterocycles. The number of hydrogen-bond donors (Lipinski definition) is 0. The van der Waals surface area contributed by atoms with Crippen LogP contribution in [-0.4, -0.2) is 33.6 Å². The molecule has 174 valence electrons. The lowest BCUT2D eigenvalue weighted by Gasteiger charge is -2.19. The molecule has 0 aliphatic carbocycles. The van der Waals surface area contributed by atoms with Crippen LogP contribution in [0.25, 0.3) is 16.8 Å². The second-order valence-electron chi connectivity index (χ2n) is 8.83. The minimum absolute atomic E-state index is 0.0535. The standard InChI is InChI=1S/C28H29N3O3/c1-3-4-5-7-20-14-24(28-30-29-18-31(28)17-20)25(32)15-21-8-6-9-23(19(21)2)22-10-11-26-27(16-22)34-13-12-33-26/h6,8-11,14,16-18H,3-5,7,12-13,15H2,1-2H3. The lowest BCUT2D eigenvalue weighted by Crippen LogP contribution is -2.15. The van der Waals surface area contributed by atoms with Crippen LogP contribution in [0.4, 0.5) is 0 Å². The van der Waals surface area contributed by atoms with Gasteiger partial charge in [0, 0.05) is 12.6 Å². The molecule has 6 heteroatoms. The lowest BCUT2D eigenvalue weighted by atomic mass is 9.92. The minimum atomic E-state index is 0.0535. The molecule has 5 rings (SSSR count). The molecule has 0 amide bonds. The van der Waals surface area contributed by atoms with Crippen LogP contribution in [0.15, 0.2) is 55.0 Å². The summed E-state index contributed by atoms with van der Waals surface area (Å²) < 4.78 is 13.3. The third-order valence-corrected chi connectivity index (χ3v) is 6.47. The Labute approximate surface area is 199 Å². The molecule has 0 saturated heterocycles. The fourth-order valence-corrected chi connectivity index (χ4v) is 4.58. The van der Waals surface area contributed by atoms with Crippen molar-refractivity contribution in [1.82, 2.24) is 14.6 Å². The Hall–Kier alpha value is -3.67. The third kappa shape index (κ3) is 4.40. The van der Waals surface area contributed by atoms with Gasteiger partial charge in [-0.05, 0) is 65.8 Å². The van der Waals surface area contributed by atoms with Crippen LogP contribution < -0.4 is 9.47 Å². The zero-order valence-corrected chi connectivity index (χ0v) is 19.7. The van der Waals surface area contributed by atoms with Crippen LogP contribution in [-0.2, 0) is 12.8 Å². The molecule has 0 radical (unpaired) electrons. The van der Waals surface area contributed by atoms with E-state index in [1.54, 1.807) is 6.33 Å². The number of unbranched alkanes of at least 4 members (excludes halogenated alkanes) is 2. The van der Waals surface area contributed by atoms with Gasteiger partial charge in [0.05, 0.1) is 5.56 Å². The normalized spacial score (nSPS) is 12.8. The van der Waals surface area contributed by atoms with Gasteiger partial charge in [-0.3, -0.25) is 9.20 Å². The number of benzene rings is 2. The zero-order chi connectivity index (χ0) is 23.5. The van der Waals surface area contributed by atoms with Crippen molar-refractivity contribution in [2.24, 2.45) is 0 Å². The molecule has 6 nitrogen and oxygen atoms in total. The SMILES string of the molecule is CCCCCc1cc(C(=O)Cc2cccc(-c3ccc4c(c3)OCCO4)c2C)c2nncn2c1. The summed E-state index contributed by atoms with van der Waals surface area (Å²) in [6.07, 6.45) is 8.41. The van der Waals surface area contributed by atoms with Gasteiger partial charge in [0.1, 0.15) is 19.5 Å². The molecule has 0 fully saturated rings. The predicted molar refractivity (Wildman–Crippen MR) is 132 cm³/mol. The highest BCUT2D eigenvalue weighted by atomic mass is 16.6. The van der Waals surface area contributed by atoms with Crippen LogP contribution >= 0.6 is 0 Å². The zero-order valence-electron chi connectivity index (χ0n) is 19.7. The molecule has 2 aromatic carbocycles. The first-order valence-corrected chi connectivity index (χ1v) is 12.0.